The van der Waals surface area contributed by atoms with Crippen LogP contribution in [0.25, 0.3) is 223 Å². The van der Waals surface area contributed by atoms with Gasteiger partial charge in [-0.2, -0.15) is 0 Å². The van der Waals surface area contributed by atoms with Crippen molar-refractivity contribution in [3.05, 3.63) is 413 Å². The van der Waals surface area contributed by atoms with E-state index in [1.165, 1.54) is 27.3 Å². The molecule has 0 saturated heterocycles. The predicted molar refractivity (Wildman–Crippen MR) is 483 cm³/mol. The lowest BCUT2D eigenvalue weighted by Gasteiger charge is -2.13. The summed E-state index contributed by atoms with van der Waals surface area (Å²) in [5, 5.41) is 8.77. The Bertz CT molecular complexity index is 7700. The zero-order valence-corrected chi connectivity index (χ0v) is 63.7. The van der Waals surface area contributed by atoms with Crippen molar-refractivity contribution < 1.29 is 8.83 Å². The third-order valence-electron chi connectivity index (χ3n) is 22.5. The summed E-state index contributed by atoms with van der Waals surface area (Å²) >= 11 is 0. The summed E-state index contributed by atoms with van der Waals surface area (Å²) in [7, 11) is 0. The number of aromatic nitrogens is 8. The molecule has 6 heterocycles. The topological polar surface area (TPSA) is 113 Å². The first-order chi connectivity index (χ1) is 58.5. The Morgan fingerprint density at radius 1 is 0.169 bits per heavy atom. The zero-order valence-electron chi connectivity index (χ0n) is 63.7. The molecule has 0 fully saturated rings. The van der Waals surface area contributed by atoms with Crippen molar-refractivity contribution in [2.45, 2.75) is 0 Å². The normalized spacial score (nSPS) is 11.6. The van der Waals surface area contributed by atoms with E-state index in [1.54, 1.807) is 0 Å². The minimum absolute atomic E-state index is 0.568. The molecule has 552 valence electrons. The summed E-state index contributed by atoms with van der Waals surface area (Å²) in [4.78, 5) is 31.5. The van der Waals surface area contributed by atoms with Gasteiger partial charge in [0, 0.05) is 93.4 Å². The monoisotopic (exact) mass is 1510 g/mol. The molecule has 0 bridgehead atoms. The van der Waals surface area contributed by atoms with Crippen molar-refractivity contribution in [3.8, 4) is 135 Å². The molecule has 17 aromatic carbocycles. The van der Waals surface area contributed by atoms with Crippen LogP contribution >= 0.6 is 0 Å². The summed E-state index contributed by atoms with van der Waals surface area (Å²) in [6.07, 6.45) is 0. The van der Waals surface area contributed by atoms with Gasteiger partial charge in [0.2, 0.25) is 0 Å². The zero-order chi connectivity index (χ0) is 78.0. The van der Waals surface area contributed by atoms with E-state index in [0.29, 0.717) is 34.9 Å². The summed E-state index contributed by atoms with van der Waals surface area (Å²) < 4.78 is 17.8. The highest BCUT2D eigenvalue weighted by Gasteiger charge is 2.25. The Morgan fingerprint density at radius 2 is 0.517 bits per heavy atom. The minimum atomic E-state index is 0.568. The van der Waals surface area contributed by atoms with Crippen molar-refractivity contribution >= 4 is 87.5 Å². The fourth-order valence-electron chi connectivity index (χ4n) is 16.9. The lowest BCUT2D eigenvalue weighted by atomic mass is 9.95. The second-order valence-corrected chi connectivity index (χ2v) is 29.6. The fraction of sp³-hybridized carbons (Fsp3) is 0. The van der Waals surface area contributed by atoms with Gasteiger partial charge in [-0.3, -0.25) is 0 Å². The molecular weight excluding hydrogens is 1440 g/mol. The maximum Gasteiger partial charge on any atom is 0.164 e. The van der Waals surface area contributed by atoms with Gasteiger partial charge >= 0.3 is 0 Å². The van der Waals surface area contributed by atoms with E-state index < -0.39 is 0 Å². The van der Waals surface area contributed by atoms with Crippen LogP contribution in [0.1, 0.15) is 0 Å². The third-order valence-corrected chi connectivity index (χ3v) is 22.5. The van der Waals surface area contributed by atoms with Gasteiger partial charge in [0.05, 0.1) is 22.1 Å². The van der Waals surface area contributed by atoms with Crippen LogP contribution in [-0.2, 0) is 0 Å². The molecule has 0 aliphatic rings. The molecule has 23 rings (SSSR count). The summed E-state index contributed by atoms with van der Waals surface area (Å²) in [5.41, 5.74) is 26.4. The maximum absolute atomic E-state index is 6.72. The fourth-order valence-corrected chi connectivity index (χ4v) is 16.9. The molecule has 23 aromatic rings. The van der Waals surface area contributed by atoms with E-state index in [4.69, 9.17) is 38.7 Å². The third kappa shape index (κ3) is 12.4. The second kappa shape index (κ2) is 29.2. The van der Waals surface area contributed by atoms with Crippen molar-refractivity contribution in [3.63, 3.8) is 0 Å². The quantitative estimate of drug-likeness (QED) is 0.112. The van der Waals surface area contributed by atoms with Gasteiger partial charge in [0.1, 0.15) is 22.3 Å². The molecule has 0 spiro atoms. The molecule has 0 N–H and O–H groups in total. The Balaban J connectivity index is 0.000000143. The molecule has 0 unspecified atom stereocenters. The van der Waals surface area contributed by atoms with E-state index in [2.05, 4.69) is 325 Å². The molecule has 0 atom stereocenters. The molecule has 0 aliphatic carbocycles. The van der Waals surface area contributed by atoms with Gasteiger partial charge in [0.15, 0.2) is 34.9 Å². The van der Waals surface area contributed by atoms with Crippen LogP contribution in [-0.4, -0.2) is 39.0 Å². The van der Waals surface area contributed by atoms with E-state index in [9.17, 15) is 0 Å². The SMILES string of the molecule is c1ccc(-c2cc(-c3ccccc3)cc(-c3nc(-c4ccc5c6ccccc6n(-c6ccccc6)c5c4)nc(-c4cccc5oc6c(-c7ccccc7)cccc6c45)n3)c2)cc1.c1ccc(-c2ccc(-n3c4ccccc4c4ccc(-c5nc(-c6ccccc6)nc(-c6ccc7oc8cccc(-c9ccccc9)c8c7c6)n5)cc43)cc2)cc1. The van der Waals surface area contributed by atoms with Gasteiger partial charge < -0.3 is 18.0 Å². The van der Waals surface area contributed by atoms with Crippen molar-refractivity contribution in [2.24, 2.45) is 0 Å². The number of rotatable bonds is 13. The van der Waals surface area contributed by atoms with Crippen LogP contribution in [0.3, 0.4) is 0 Å². The molecule has 0 saturated carbocycles. The Morgan fingerprint density at radius 3 is 1.06 bits per heavy atom. The van der Waals surface area contributed by atoms with Crippen LogP contribution in [0.4, 0.5) is 0 Å². The Kier molecular flexibility index (Phi) is 17.0. The Hall–Kier alpha value is -16.0. The van der Waals surface area contributed by atoms with Crippen molar-refractivity contribution in [2.75, 3.05) is 0 Å². The number of hydrogen-bond acceptors (Lipinski definition) is 8. The van der Waals surface area contributed by atoms with E-state index >= 15 is 0 Å². The number of fused-ring (bicyclic) bond motifs is 12. The minimum Gasteiger partial charge on any atom is -0.456 e. The van der Waals surface area contributed by atoms with Crippen LogP contribution in [0.2, 0.25) is 0 Å². The van der Waals surface area contributed by atoms with Gasteiger partial charge in [-0.1, -0.05) is 315 Å². The number of nitrogens with zero attached hydrogens (tertiary/aromatic N) is 8. The highest BCUT2D eigenvalue weighted by Crippen LogP contribution is 2.45. The van der Waals surface area contributed by atoms with Crippen LogP contribution < -0.4 is 0 Å². The lowest BCUT2D eigenvalue weighted by molar-refractivity contribution is 0.669. The highest BCUT2D eigenvalue weighted by molar-refractivity contribution is 6.17. The first-order valence-corrected chi connectivity index (χ1v) is 39.6. The first-order valence-electron chi connectivity index (χ1n) is 39.6. The molecular formula is C108H68N8O2. The average molecular weight is 1510 g/mol. The molecule has 10 heteroatoms. The van der Waals surface area contributed by atoms with Gasteiger partial charge in [-0.25, -0.2) is 29.9 Å². The molecule has 0 aliphatic heterocycles. The van der Waals surface area contributed by atoms with Crippen molar-refractivity contribution in [1.29, 1.82) is 0 Å². The number of hydrogen-bond donors (Lipinski definition) is 0. The number of para-hydroxylation sites is 4. The van der Waals surface area contributed by atoms with Crippen LogP contribution in [0.15, 0.2) is 421 Å². The maximum atomic E-state index is 6.72. The van der Waals surface area contributed by atoms with Gasteiger partial charge in [-0.05, 0) is 147 Å². The number of furan rings is 2. The van der Waals surface area contributed by atoms with Crippen molar-refractivity contribution in [1.82, 2.24) is 39.0 Å². The summed E-state index contributed by atoms with van der Waals surface area (Å²) in [6, 6.07) is 144. The Labute approximate surface area is 678 Å². The standard InChI is InChI=1S/C57H36N4O.C51H32N4O/c1-5-17-37(18-6-1)41-33-42(38-19-7-2-8-20-38)35-43(34-41)56-58-55(40-31-32-47-46-25-13-14-29-50(46)61(51(47)36-40)44-23-11-4-12-24-44)59-57(60-56)49-28-16-30-52-53(49)48-27-15-26-45(54(48)62-52)39-21-9-3-10-22-39;1-4-13-33(14-5-1)34-23-27-39(28-24-34)55-44-21-11-10-19-41(44)42-29-25-38(32-45(42)55)51-53-49(36-17-8-3-9-18-36)52-50(54-51)37-26-30-46-43(31-37)48-40(20-12-22-47(48)56-46)35-15-6-2-7-16-35/h1-36H;1-32H. The second-order valence-electron chi connectivity index (χ2n) is 29.6. The largest absolute Gasteiger partial charge is 0.456 e. The average Bonchev–Trinajstić information content (AvgIpc) is 1.80. The lowest BCUT2D eigenvalue weighted by Crippen LogP contribution is -2.01. The smallest absolute Gasteiger partial charge is 0.164 e. The van der Waals surface area contributed by atoms with Crippen LogP contribution in [0.5, 0.6) is 0 Å². The molecule has 118 heavy (non-hydrogen) atoms. The molecule has 6 aromatic heterocycles. The summed E-state index contributed by atoms with van der Waals surface area (Å²) in [5.74, 6) is 3.55. The first kappa shape index (κ1) is 68.7. The van der Waals surface area contributed by atoms with Gasteiger partial charge in [0.25, 0.3) is 0 Å². The predicted octanol–water partition coefficient (Wildman–Crippen LogP) is 28.1. The highest BCUT2D eigenvalue weighted by atomic mass is 16.3. The molecule has 0 radical (unpaired) electrons. The molecule has 0 amide bonds. The van der Waals surface area contributed by atoms with E-state index in [0.717, 1.165) is 161 Å². The van der Waals surface area contributed by atoms with Crippen LogP contribution in [0, 0.1) is 0 Å². The van der Waals surface area contributed by atoms with E-state index in [-0.39, 0.29) is 0 Å². The molecule has 10 nitrogen and oxygen atoms in total. The summed E-state index contributed by atoms with van der Waals surface area (Å²) in [6.45, 7) is 0. The van der Waals surface area contributed by atoms with E-state index in [1.807, 2.05) is 97.1 Å². The number of benzene rings is 17. The van der Waals surface area contributed by atoms with Gasteiger partial charge in [-0.15, -0.1) is 0 Å².